The largest absolute Gasteiger partial charge is 0.271 e. The summed E-state index contributed by atoms with van der Waals surface area (Å²) in [5.74, 6) is 9.15. The molecule has 0 amide bonds. The van der Waals surface area contributed by atoms with Gasteiger partial charge in [-0.25, -0.2) is 0 Å². The highest BCUT2D eigenvalue weighted by molar-refractivity contribution is 8.07. The average molecular weight is 262 g/mol. The summed E-state index contributed by atoms with van der Waals surface area (Å²) in [5.41, 5.74) is 3.07. The Balaban J connectivity index is 2.51. The summed E-state index contributed by atoms with van der Waals surface area (Å²) in [4.78, 5) is 0. The van der Waals surface area contributed by atoms with E-state index in [0.717, 1.165) is 11.2 Å². The van der Waals surface area contributed by atoms with Crippen molar-refractivity contribution in [2.75, 3.05) is 11.5 Å². The molecule has 16 heavy (non-hydrogen) atoms. The van der Waals surface area contributed by atoms with Crippen molar-refractivity contribution in [2.24, 2.45) is 11.8 Å². The lowest BCUT2D eigenvalue weighted by Crippen LogP contribution is -2.48. The number of hydrogen-bond donors (Lipinski definition) is 2. The number of hydrazine groups is 1. The van der Waals surface area contributed by atoms with E-state index in [1.54, 1.807) is 0 Å². The molecule has 3 unspecified atom stereocenters. The molecule has 1 rings (SSSR count). The molecule has 0 saturated carbocycles. The van der Waals surface area contributed by atoms with Crippen LogP contribution in [0.4, 0.5) is 0 Å². The van der Waals surface area contributed by atoms with E-state index < -0.39 is 0 Å². The fraction of sp³-hybridized carbons (Fsp3) is 1.00. The summed E-state index contributed by atoms with van der Waals surface area (Å²) < 4.78 is 0. The van der Waals surface area contributed by atoms with Crippen LogP contribution in [0.5, 0.6) is 0 Å². The number of hydrogen-bond acceptors (Lipinski definition) is 4. The third-order valence-corrected chi connectivity index (χ3v) is 6.84. The van der Waals surface area contributed by atoms with Gasteiger partial charge < -0.3 is 0 Å². The molecule has 1 saturated heterocycles. The Bertz CT molecular complexity index is 186. The number of nitrogens with two attached hydrogens (primary N) is 1. The summed E-state index contributed by atoms with van der Waals surface area (Å²) in [6.07, 6.45) is 3.77. The molecule has 0 aromatic heterocycles. The molecule has 0 spiro atoms. The van der Waals surface area contributed by atoms with Gasteiger partial charge >= 0.3 is 0 Å². The molecule has 0 radical (unpaired) electrons. The zero-order chi connectivity index (χ0) is 12.0. The van der Waals surface area contributed by atoms with Gasteiger partial charge in [0.25, 0.3) is 0 Å². The molecule has 1 heterocycles. The predicted molar refractivity (Wildman–Crippen MR) is 78.0 cm³/mol. The Kier molecular flexibility index (Phi) is 7.20. The van der Waals surface area contributed by atoms with E-state index in [9.17, 15) is 0 Å². The Hall–Kier alpha value is 0.620. The standard InChI is InChI=1S/C12H26N2S2/c1-4-10(5-2)8-11(14-13)12-9(3)15-6-7-16-12/h9-12,14H,4-8,13H2,1-3H3. The van der Waals surface area contributed by atoms with Gasteiger partial charge in [-0.15, -0.1) is 0 Å². The molecule has 3 N–H and O–H groups in total. The average Bonchev–Trinajstić information content (AvgIpc) is 2.32. The highest BCUT2D eigenvalue weighted by Crippen LogP contribution is 2.35. The van der Waals surface area contributed by atoms with Crippen molar-refractivity contribution in [1.82, 2.24) is 5.43 Å². The fourth-order valence-corrected chi connectivity index (χ4v) is 5.33. The summed E-state index contributed by atoms with van der Waals surface area (Å²) in [5, 5.41) is 1.42. The first-order chi connectivity index (χ1) is 7.72. The second-order valence-electron chi connectivity index (χ2n) is 4.60. The lowest BCUT2D eigenvalue weighted by Gasteiger charge is -2.35. The van der Waals surface area contributed by atoms with Crippen LogP contribution in [0.25, 0.3) is 0 Å². The van der Waals surface area contributed by atoms with Crippen LogP contribution in [-0.4, -0.2) is 28.0 Å². The second-order valence-corrected chi connectivity index (χ2v) is 7.37. The van der Waals surface area contributed by atoms with E-state index in [4.69, 9.17) is 5.84 Å². The van der Waals surface area contributed by atoms with E-state index in [2.05, 4.69) is 49.7 Å². The first kappa shape index (κ1) is 14.7. The van der Waals surface area contributed by atoms with Gasteiger partial charge in [0.05, 0.1) is 0 Å². The molecule has 1 aliphatic heterocycles. The van der Waals surface area contributed by atoms with E-state index >= 15 is 0 Å². The number of nitrogens with one attached hydrogen (secondary N) is 1. The molecule has 2 nitrogen and oxygen atoms in total. The molecule has 0 bridgehead atoms. The molecule has 0 aliphatic carbocycles. The van der Waals surface area contributed by atoms with Gasteiger partial charge in [0, 0.05) is 28.0 Å². The molecule has 0 aromatic rings. The monoisotopic (exact) mass is 262 g/mol. The normalized spacial score (nSPS) is 28.3. The smallest absolute Gasteiger partial charge is 0.0342 e. The quantitative estimate of drug-likeness (QED) is 0.570. The van der Waals surface area contributed by atoms with Crippen molar-refractivity contribution in [3.63, 3.8) is 0 Å². The van der Waals surface area contributed by atoms with Crippen molar-refractivity contribution in [3.8, 4) is 0 Å². The zero-order valence-electron chi connectivity index (χ0n) is 10.7. The maximum absolute atomic E-state index is 5.75. The predicted octanol–water partition coefficient (Wildman–Crippen LogP) is 2.88. The Morgan fingerprint density at radius 1 is 1.25 bits per heavy atom. The lowest BCUT2D eigenvalue weighted by molar-refractivity contribution is 0.360. The third kappa shape index (κ3) is 4.13. The highest BCUT2D eigenvalue weighted by Gasteiger charge is 2.30. The van der Waals surface area contributed by atoms with Crippen LogP contribution in [0, 0.1) is 5.92 Å². The zero-order valence-corrected chi connectivity index (χ0v) is 12.4. The summed E-state index contributed by atoms with van der Waals surface area (Å²) in [6.45, 7) is 6.92. The molecular weight excluding hydrogens is 236 g/mol. The molecule has 1 fully saturated rings. The van der Waals surface area contributed by atoms with Crippen molar-refractivity contribution < 1.29 is 0 Å². The first-order valence-corrected chi connectivity index (χ1v) is 8.51. The molecule has 0 aromatic carbocycles. The summed E-state index contributed by atoms with van der Waals surface area (Å²) in [6, 6.07) is 0.484. The van der Waals surface area contributed by atoms with E-state index in [0.29, 0.717) is 11.3 Å². The molecule has 3 atom stereocenters. The van der Waals surface area contributed by atoms with Gasteiger partial charge in [0.1, 0.15) is 0 Å². The summed E-state index contributed by atoms with van der Waals surface area (Å²) in [7, 11) is 0. The van der Waals surface area contributed by atoms with E-state index in [1.807, 2.05) is 0 Å². The first-order valence-electron chi connectivity index (χ1n) is 6.42. The lowest BCUT2D eigenvalue weighted by atomic mass is 9.93. The van der Waals surface area contributed by atoms with E-state index in [1.165, 1.54) is 30.8 Å². The topological polar surface area (TPSA) is 38.0 Å². The molecule has 96 valence electrons. The van der Waals surface area contributed by atoms with Crippen LogP contribution in [0.2, 0.25) is 0 Å². The Morgan fingerprint density at radius 2 is 1.88 bits per heavy atom. The minimum absolute atomic E-state index is 0.484. The maximum atomic E-state index is 5.75. The van der Waals surface area contributed by atoms with Crippen molar-refractivity contribution in [1.29, 1.82) is 0 Å². The summed E-state index contributed by atoms with van der Waals surface area (Å²) >= 11 is 4.20. The minimum atomic E-state index is 0.484. The minimum Gasteiger partial charge on any atom is -0.271 e. The SMILES string of the molecule is CCC(CC)CC(NN)C1SCCSC1C. The molecular formula is C12H26N2S2. The van der Waals surface area contributed by atoms with E-state index in [-0.39, 0.29) is 0 Å². The van der Waals surface area contributed by atoms with Gasteiger partial charge in [-0.3, -0.25) is 11.3 Å². The van der Waals surface area contributed by atoms with Crippen LogP contribution in [0.1, 0.15) is 40.0 Å². The van der Waals surface area contributed by atoms with Crippen LogP contribution in [0.3, 0.4) is 0 Å². The fourth-order valence-electron chi connectivity index (χ4n) is 2.37. The molecule has 4 heteroatoms. The third-order valence-electron chi connectivity index (χ3n) is 3.59. The van der Waals surface area contributed by atoms with Gasteiger partial charge in [0.15, 0.2) is 0 Å². The number of rotatable bonds is 6. The van der Waals surface area contributed by atoms with Crippen LogP contribution in [-0.2, 0) is 0 Å². The Morgan fingerprint density at radius 3 is 2.38 bits per heavy atom. The molecule has 1 aliphatic rings. The van der Waals surface area contributed by atoms with Crippen molar-refractivity contribution in [3.05, 3.63) is 0 Å². The second kappa shape index (κ2) is 7.85. The number of thioether (sulfide) groups is 2. The van der Waals surface area contributed by atoms with Gasteiger partial charge in [-0.2, -0.15) is 23.5 Å². The van der Waals surface area contributed by atoms with Gasteiger partial charge in [-0.1, -0.05) is 33.6 Å². The van der Waals surface area contributed by atoms with Crippen molar-refractivity contribution >= 4 is 23.5 Å². The van der Waals surface area contributed by atoms with Gasteiger partial charge in [-0.05, 0) is 12.3 Å². The van der Waals surface area contributed by atoms with Gasteiger partial charge in [0.2, 0.25) is 0 Å². The maximum Gasteiger partial charge on any atom is 0.0342 e. The highest BCUT2D eigenvalue weighted by atomic mass is 32.2. The van der Waals surface area contributed by atoms with Crippen LogP contribution >= 0.6 is 23.5 Å². The van der Waals surface area contributed by atoms with Crippen LogP contribution in [0.15, 0.2) is 0 Å². The van der Waals surface area contributed by atoms with Crippen LogP contribution < -0.4 is 11.3 Å². The van der Waals surface area contributed by atoms with Crippen molar-refractivity contribution in [2.45, 2.75) is 56.6 Å². The Labute approximate surface area is 109 Å².